The summed E-state index contributed by atoms with van der Waals surface area (Å²) in [7, 11) is 0. The molecule has 1 aliphatic rings. The molecule has 2 rings (SSSR count). The van der Waals surface area contributed by atoms with Crippen molar-refractivity contribution in [2.75, 3.05) is 0 Å². The summed E-state index contributed by atoms with van der Waals surface area (Å²) < 4.78 is 6.05. The molecule has 1 fully saturated rings. The fourth-order valence-corrected chi connectivity index (χ4v) is 2.67. The molecule has 0 bridgehead atoms. The Labute approximate surface area is 106 Å². The van der Waals surface area contributed by atoms with Crippen LogP contribution in [0.25, 0.3) is 0 Å². The van der Waals surface area contributed by atoms with E-state index in [2.05, 4.69) is 61.0 Å². The molecule has 1 aromatic carbocycles. The minimum absolute atomic E-state index is 0.238. The van der Waals surface area contributed by atoms with Gasteiger partial charge in [0.1, 0.15) is 11.9 Å². The van der Waals surface area contributed by atoms with Crippen LogP contribution in [0.2, 0.25) is 0 Å². The number of hydrogen-bond donors (Lipinski definition) is 0. The maximum absolute atomic E-state index is 6.05. The highest BCUT2D eigenvalue weighted by Gasteiger charge is 2.48. The Morgan fingerprint density at radius 3 is 2.75 bits per heavy atom. The summed E-state index contributed by atoms with van der Waals surface area (Å²) in [6.07, 6.45) is 2.50. The molecule has 0 saturated heterocycles. The lowest BCUT2D eigenvalue weighted by Gasteiger charge is -2.48. The molecular formula is C14H19BrO. The second-order valence-corrected chi connectivity index (χ2v) is 6.24. The molecule has 1 saturated carbocycles. The number of benzene rings is 1. The second-order valence-electron chi connectivity index (χ2n) is 5.13. The van der Waals surface area contributed by atoms with E-state index in [0.29, 0.717) is 10.9 Å². The van der Waals surface area contributed by atoms with E-state index in [1.807, 2.05) is 0 Å². The van der Waals surface area contributed by atoms with Crippen LogP contribution in [0.3, 0.4) is 0 Å². The number of ether oxygens (including phenoxy) is 1. The Bertz CT molecular complexity index is 373. The summed E-state index contributed by atoms with van der Waals surface area (Å²) in [6, 6.07) is 8.42. The standard InChI is InChI=1S/C14H19BrO/c1-4-10-6-5-7-11(8-10)16-13-9-12(15)14(13,2)3/h5-8,12-13H,4,9H2,1-3H3. The zero-order valence-corrected chi connectivity index (χ0v) is 11.8. The summed E-state index contributed by atoms with van der Waals surface area (Å²) in [6.45, 7) is 6.68. The molecule has 0 heterocycles. The van der Waals surface area contributed by atoms with Crippen molar-refractivity contribution in [3.63, 3.8) is 0 Å². The summed E-state index contributed by atoms with van der Waals surface area (Å²) in [5.41, 5.74) is 1.58. The lowest BCUT2D eigenvalue weighted by Crippen LogP contribution is -2.53. The van der Waals surface area contributed by atoms with Gasteiger partial charge in [-0.1, -0.05) is 48.8 Å². The largest absolute Gasteiger partial charge is 0.490 e. The maximum atomic E-state index is 6.05. The van der Waals surface area contributed by atoms with Gasteiger partial charge in [0.15, 0.2) is 0 Å². The van der Waals surface area contributed by atoms with E-state index in [1.165, 1.54) is 5.56 Å². The van der Waals surface area contributed by atoms with E-state index in [4.69, 9.17) is 4.74 Å². The second kappa shape index (κ2) is 4.40. The predicted octanol–water partition coefficient (Wildman–Crippen LogP) is 4.19. The average Bonchev–Trinajstić information content (AvgIpc) is 2.29. The molecule has 1 aromatic rings. The van der Waals surface area contributed by atoms with Crippen LogP contribution in [-0.2, 0) is 6.42 Å². The summed E-state index contributed by atoms with van der Waals surface area (Å²) in [5, 5.41) is 0. The third kappa shape index (κ3) is 2.13. The van der Waals surface area contributed by atoms with Crippen LogP contribution in [0.1, 0.15) is 32.8 Å². The normalized spacial score (nSPS) is 27.2. The van der Waals surface area contributed by atoms with Crippen molar-refractivity contribution in [3.05, 3.63) is 29.8 Å². The minimum Gasteiger partial charge on any atom is -0.490 e. The van der Waals surface area contributed by atoms with E-state index in [9.17, 15) is 0 Å². The minimum atomic E-state index is 0.238. The third-order valence-corrected chi connectivity index (χ3v) is 5.20. The fourth-order valence-electron chi connectivity index (χ4n) is 2.04. The van der Waals surface area contributed by atoms with E-state index in [1.54, 1.807) is 0 Å². The molecule has 0 N–H and O–H groups in total. The van der Waals surface area contributed by atoms with Gasteiger partial charge < -0.3 is 4.74 Å². The predicted molar refractivity (Wildman–Crippen MR) is 71.3 cm³/mol. The first-order valence-corrected chi connectivity index (χ1v) is 6.85. The van der Waals surface area contributed by atoms with Gasteiger partial charge in [0.25, 0.3) is 0 Å². The lowest BCUT2D eigenvalue weighted by atomic mass is 9.69. The van der Waals surface area contributed by atoms with Gasteiger partial charge in [-0.15, -0.1) is 0 Å². The number of rotatable bonds is 3. The van der Waals surface area contributed by atoms with Gasteiger partial charge in [0.2, 0.25) is 0 Å². The number of halogens is 1. The lowest BCUT2D eigenvalue weighted by molar-refractivity contribution is -0.00783. The Morgan fingerprint density at radius 2 is 2.19 bits per heavy atom. The van der Waals surface area contributed by atoms with Crippen molar-refractivity contribution in [2.45, 2.75) is 44.5 Å². The Balaban J connectivity index is 2.05. The Morgan fingerprint density at radius 1 is 1.44 bits per heavy atom. The van der Waals surface area contributed by atoms with Gasteiger partial charge in [0.05, 0.1) is 0 Å². The van der Waals surface area contributed by atoms with Crippen molar-refractivity contribution in [1.29, 1.82) is 0 Å². The van der Waals surface area contributed by atoms with E-state index >= 15 is 0 Å². The van der Waals surface area contributed by atoms with Gasteiger partial charge in [-0.3, -0.25) is 0 Å². The SMILES string of the molecule is CCc1cccc(OC2CC(Br)C2(C)C)c1. The smallest absolute Gasteiger partial charge is 0.120 e. The van der Waals surface area contributed by atoms with E-state index in [-0.39, 0.29) is 5.41 Å². The van der Waals surface area contributed by atoms with E-state index in [0.717, 1.165) is 18.6 Å². The van der Waals surface area contributed by atoms with Crippen LogP contribution in [0.5, 0.6) is 5.75 Å². The van der Waals surface area contributed by atoms with E-state index < -0.39 is 0 Å². The molecule has 0 aromatic heterocycles. The fraction of sp³-hybridized carbons (Fsp3) is 0.571. The van der Waals surface area contributed by atoms with Crippen LogP contribution < -0.4 is 4.74 Å². The molecule has 2 heteroatoms. The first-order valence-electron chi connectivity index (χ1n) is 5.93. The number of hydrogen-bond acceptors (Lipinski definition) is 1. The van der Waals surface area contributed by atoms with Gasteiger partial charge in [-0.25, -0.2) is 0 Å². The number of alkyl halides is 1. The molecule has 88 valence electrons. The topological polar surface area (TPSA) is 9.23 Å². The monoisotopic (exact) mass is 282 g/mol. The molecule has 0 amide bonds. The third-order valence-electron chi connectivity index (χ3n) is 3.64. The molecule has 16 heavy (non-hydrogen) atoms. The number of aryl methyl sites for hydroxylation is 1. The van der Waals surface area contributed by atoms with Crippen LogP contribution in [0, 0.1) is 5.41 Å². The van der Waals surface area contributed by atoms with Crippen molar-refractivity contribution in [1.82, 2.24) is 0 Å². The molecule has 2 atom stereocenters. The summed E-state index contributed by atoms with van der Waals surface area (Å²) >= 11 is 3.68. The van der Waals surface area contributed by atoms with Crippen molar-refractivity contribution in [3.8, 4) is 5.75 Å². The van der Waals surface area contributed by atoms with Crippen molar-refractivity contribution in [2.24, 2.45) is 5.41 Å². The Kier molecular flexibility index (Phi) is 3.29. The molecular weight excluding hydrogens is 264 g/mol. The zero-order valence-electron chi connectivity index (χ0n) is 10.2. The summed E-state index contributed by atoms with van der Waals surface area (Å²) in [4.78, 5) is 0.583. The van der Waals surface area contributed by atoms with Crippen LogP contribution in [0.15, 0.2) is 24.3 Å². The molecule has 0 spiro atoms. The molecule has 0 aliphatic heterocycles. The molecule has 0 radical (unpaired) electrons. The first-order chi connectivity index (χ1) is 7.54. The van der Waals surface area contributed by atoms with Gasteiger partial charge in [0, 0.05) is 10.2 Å². The highest BCUT2D eigenvalue weighted by atomic mass is 79.9. The highest BCUT2D eigenvalue weighted by Crippen LogP contribution is 2.47. The van der Waals surface area contributed by atoms with Gasteiger partial charge in [-0.2, -0.15) is 0 Å². The van der Waals surface area contributed by atoms with Crippen LogP contribution >= 0.6 is 15.9 Å². The van der Waals surface area contributed by atoms with Crippen LogP contribution in [-0.4, -0.2) is 10.9 Å². The quantitative estimate of drug-likeness (QED) is 0.756. The van der Waals surface area contributed by atoms with Gasteiger partial charge in [-0.05, 0) is 30.5 Å². The van der Waals surface area contributed by atoms with Crippen LogP contribution in [0.4, 0.5) is 0 Å². The first kappa shape index (κ1) is 12.0. The maximum Gasteiger partial charge on any atom is 0.120 e. The molecule has 1 nitrogen and oxygen atoms in total. The summed E-state index contributed by atoms with van der Waals surface area (Å²) in [5.74, 6) is 1.01. The van der Waals surface area contributed by atoms with Crippen molar-refractivity contribution < 1.29 is 4.74 Å². The molecule has 1 aliphatic carbocycles. The molecule has 2 unspecified atom stereocenters. The highest BCUT2D eigenvalue weighted by molar-refractivity contribution is 9.09. The average molecular weight is 283 g/mol. The Hall–Kier alpha value is -0.500. The van der Waals surface area contributed by atoms with Crippen molar-refractivity contribution >= 4 is 15.9 Å². The van der Waals surface area contributed by atoms with Gasteiger partial charge >= 0.3 is 0 Å². The zero-order chi connectivity index (χ0) is 11.8.